The van der Waals surface area contributed by atoms with Gasteiger partial charge in [0.2, 0.25) is 0 Å². The van der Waals surface area contributed by atoms with Crippen LogP contribution in [0.3, 0.4) is 0 Å². The Hall–Kier alpha value is -3.04. The van der Waals surface area contributed by atoms with Crippen LogP contribution in [0.25, 0.3) is 42.1 Å². The molecule has 126 valence electrons. The van der Waals surface area contributed by atoms with Gasteiger partial charge in [-0.25, -0.2) is 0 Å². The van der Waals surface area contributed by atoms with Crippen LogP contribution in [-0.2, 0) is 0 Å². The van der Waals surface area contributed by atoms with Gasteiger partial charge in [0.15, 0.2) is 0 Å². The summed E-state index contributed by atoms with van der Waals surface area (Å²) in [6, 6.07) is 24.3. The zero-order valence-electron chi connectivity index (χ0n) is 14.2. The normalized spacial score (nSPS) is 11.4. The molecule has 0 aliphatic carbocycles. The van der Waals surface area contributed by atoms with Crippen molar-refractivity contribution in [2.75, 3.05) is 7.11 Å². The highest BCUT2D eigenvalue weighted by Gasteiger charge is 2.19. The lowest BCUT2D eigenvalue weighted by molar-refractivity contribution is 0.425. The molecule has 0 atom stereocenters. The van der Waals surface area contributed by atoms with Crippen LogP contribution in [0.1, 0.15) is 0 Å². The minimum absolute atomic E-state index is 0.276. The monoisotopic (exact) mass is 356 g/mol. The first-order chi connectivity index (χ1) is 12.8. The maximum Gasteiger partial charge on any atom is 0.144 e. The van der Waals surface area contributed by atoms with Gasteiger partial charge in [0.1, 0.15) is 11.5 Å². The molecule has 26 heavy (non-hydrogen) atoms. The van der Waals surface area contributed by atoms with E-state index in [1.165, 1.54) is 21.0 Å². The standard InChI is InChI=1S/C23H16O2S/c1-25-22-17-7-3-2-6-16(17)20(14-10-12-15(24)13-11-14)21-18-8-4-5-9-19(18)26-23(21)22/h2-13,24H,1H3. The van der Waals surface area contributed by atoms with Crippen molar-refractivity contribution < 1.29 is 9.84 Å². The van der Waals surface area contributed by atoms with Crippen molar-refractivity contribution in [3.05, 3.63) is 72.8 Å². The summed E-state index contributed by atoms with van der Waals surface area (Å²) in [5, 5.41) is 14.4. The molecule has 0 spiro atoms. The van der Waals surface area contributed by atoms with Gasteiger partial charge < -0.3 is 9.84 Å². The number of hydrogen-bond acceptors (Lipinski definition) is 3. The first-order valence-corrected chi connectivity index (χ1v) is 9.29. The predicted octanol–water partition coefficient (Wildman–Crippen LogP) is 6.59. The quantitative estimate of drug-likeness (QED) is 0.387. The highest BCUT2D eigenvalue weighted by Crippen LogP contribution is 2.49. The minimum atomic E-state index is 0.276. The number of rotatable bonds is 2. The van der Waals surface area contributed by atoms with E-state index < -0.39 is 0 Å². The van der Waals surface area contributed by atoms with Crippen molar-refractivity contribution in [1.29, 1.82) is 0 Å². The number of methoxy groups -OCH3 is 1. The summed E-state index contributed by atoms with van der Waals surface area (Å²) in [4.78, 5) is 0. The molecule has 1 aromatic heterocycles. The number of benzene rings is 4. The molecule has 3 heteroatoms. The van der Waals surface area contributed by atoms with Gasteiger partial charge in [-0.05, 0) is 34.7 Å². The first kappa shape index (κ1) is 15.2. The van der Waals surface area contributed by atoms with E-state index in [2.05, 4.69) is 42.5 Å². The lowest BCUT2D eigenvalue weighted by Crippen LogP contribution is -1.89. The fourth-order valence-corrected chi connectivity index (χ4v) is 4.99. The van der Waals surface area contributed by atoms with E-state index in [1.54, 1.807) is 30.6 Å². The number of phenolic OH excluding ortho intramolecular Hbond substituents is 1. The van der Waals surface area contributed by atoms with Crippen molar-refractivity contribution >= 4 is 42.3 Å². The van der Waals surface area contributed by atoms with Crippen LogP contribution in [-0.4, -0.2) is 12.2 Å². The number of thiophene rings is 1. The Bertz CT molecular complexity index is 1270. The van der Waals surface area contributed by atoms with Crippen molar-refractivity contribution in [3.63, 3.8) is 0 Å². The number of fused-ring (bicyclic) bond motifs is 4. The molecule has 4 aromatic carbocycles. The second-order valence-electron chi connectivity index (χ2n) is 6.30. The third-order valence-electron chi connectivity index (χ3n) is 4.85. The Kier molecular flexibility index (Phi) is 3.37. The van der Waals surface area contributed by atoms with Gasteiger partial charge in [-0.15, -0.1) is 11.3 Å². The van der Waals surface area contributed by atoms with Crippen molar-refractivity contribution in [2.45, 2.75) is 0 Å². The lowest BCUT2D eigenvalue weighted by Gasteiger charge is -2.14. The summed E-state index contributed by atoms with van der Waals surface area (Å²) >= 11 is 1.77. The topological polar surface area (TPSA) is 29.5 Å². The maximum absolute atomic E-state index is 9.73. The summed E-state index contributed by atoms with van der Waals surface area (Å²) in [6.07, 6.45) is 0. The van der Waals surface area contributed by atoms with Crippen LogP contribution < -0.4 is 4.74 Å². The summed E-state index contributed by atoms with van der Waals surface area (Å²) in [5.74, 6) is 1.21. The van der Waals surface area contributed by atoms with Gasteiger partial charge in [-0.1, -0.05) is 54.6 Å². The largest absolute Gasteiger partial charge is 0.508 e. The average molecular weight is 356 g/mol. The maximum atomic E-state index is 9.73. The number of ether oxygens (including phenoxy) is 1. The van der Waals surface area contributed by atoms with Gasteiger partial charge >= 0.3 is 0 Å². The third kappa shape index (κ3) is 2.11. The zero-order valence-corrected chi connectivity index (χ0v) is 15.0. The Labute approximate surface area is 154 Å². The Morgan fingerprint density at radius 3 is 2.15 bits per heavy atom. The molecule has 0 fully saturated rings. The zero-order chi connectivity index (χ0) is 17.7. The van der Waals surface area contributed by atoms with Crippen LogP contribution in [0.5, 0.6) is 11.5 Å². The molecule has 5 aromatic rings. The third-order valence-corrected chi connectivity index (χ3v) is 6.02. The highest BCUT2D eigenvalue weighted by atomic mass is 32.1. The van der Waals surface area contributed by atoms with E-state index in [1.807, 2.05) is 18.2 Å². The number of phenols is 1. The van der Waals surface area contributed by atoms with E-state index in [0.29, 0.717) is 0 Å². The molecule has 0 amide bonds. The second kappa shape index (κ2) is 5.75. The molecule has 0 saturated heterocycles. The SMILES string of the molecule is COc1c2ccccc2c(-c2ccc(O)cc2)c2c1sc1ccccc12. The fourth-order valence-electron chi connectivity index (χ4n) is 3.74. The summed E-state index contributed by atoms with van der Waals surface area (Å²) in [5.41, 5.74) is 2.28. The number of hydrogen-bond donors (Lipinski definition) is 1. The lowest BCUT2D eigenvalue weighted by atomic mass is 9.93. The van der Waals surface area contributed by atoms with Gasteiger partial charge in [0.05, 0.1) is 11.8 Å². The average Bonchev–Trinajstić information content (AvgIpc) is 3.06. The van der Waals surface area contributed by atoms with Crippen LogP contribution >= 0.6 is 11.3 Å². The van der Waals surface area contributed by atoms with Gasteiger partial charge in [-0.2, -0.15) is 0 Å². The molecule has 0 bridgehead atoms. The van der Waals surface area contributed by atoms with Crippen molar-refractivity contribution in [1.82, 2.24) is 0 Å². The molecule has 2 nitrogen and oxygen atoms in total. The van der Waals surface area contributed by atoms with Crippen LogP contribution in [0.15, 0.2) is 72.8 Å². The molecule has 0 unspecified atom stereocenters. The molecule has 1 N–H and O–H groups in total. The Balaban J connectivity index is 2.08. The van der Waals surface area contributed by atoms with Crippen molar-refractivity contribution in [2.24, 2.45) is 0 Å². The van der Waals surface area contributed by atoms with E-state index in [0.717, 1.165) is 26.8 Å². The Morgan fingerprint density at radius 2 is 1.42 bits per heavy atom. The smallest absolute Gasteiger partial charge is 0.144 e. The molecular weight excluding hydrogens is 340 g/mol. The van der Waals surface area contributed by atoms with Crippen LogP contribution in [0.4, 0.5) is 0 Å². The summed E-state index contributed by atoms with van der Waals surface area (Å²) in [7, 11) is 1.74. The fraction of sp³-hybridized carbons (Fsp3) is 0.0435. The van der Waals surface area contributed by atoms with E-state index in [4.69, 9.17) is 4.74 Å². The van der Waals surface area contributed by atoms with Crippen LogP contribution in [0.2, 0.25) is 0 Å². The molecular formula is C23H16O2S. The van der Waals surface area contributed by atoms with Gasteiger partial charge in [0, 0.05) is 20.9 Å². The minimum Gasteiger partial charge on any atom is -0.508 e. The summed E-state index contributed by atoms with van der Waals surface area (Å²) in [6.45, 7) is 0. The molecule has 0 aliphatic rings. The molecule has 0 aliphatic heterocycles. The van der Waals surface area contributed by atoms with E-state index in [-0.39, 0.29) is 5.75 Å². The second-order valence-corrected chi connectivity index (χ2v) is 7.36. The Morgan fingerprint density at radius 1 is 0.769 bits per heavy atom. The van der Waals surface area contributed by atoms with E-state index >= 15 is 0 Å². The van der Waals surface area contributed by atoms with Gasteiger partial charge in [0.25, 0.3) is 0 Å². The predicted molar refractivity (Wildman–Crippen MR) is 110 cm³/mol. The van der Waals surface area contributed by atoms with E-state index in [9.17, 15) is 5.11 Å². The molecule has 0 saturated carbocycles. The molecule has 0 radical (unpaired) electrons. The van der Waals surface area contributed by atoms with Gasteiger partial charge in [-0.3, -0.25) is 0 Å². The van der Waals surface area contributed by atoms with Crippen LogP contribution in [0, 0.1) is 0 Å². The first-order valence-electron chi connectivity index (χ1n) is 8.47. The molecule has 1 heterocycles. The molecule has 5 rings (SSSR count). The highest BCUT2D eigenvalue weighted by molar-refractivity contribution is 7.26. The number of aromatic hydroxyl groups is 1. The summed E-state index contributed by atoms with van der Waals surface area (Å²) < 4.78 is 8.26. The van der Waals surface area contributed by atoms with Crippen molar-refractivity contribution in [3.8, 4) is 22.6 Å².